The minimum atomic E-state index is -4.69. The van der Waals surface area contributed by atoms with E-state index in [0.29, 0.717) is 44.8 Å². The van der Waals surface area contributed by atoms with Crippen LogP contribution in [-0.4, -0.2) is 83.5 Å². The zero-order valence-electron chi connectivity index (χ0n) is 24.6. The summed E-state index contributed by atoms with van der Waals surface area (Å²) in [5.41, 5.74) is -1.74. The predicted octanol–water partition coefficient (Wildman–Crippen LogP) is 4.16. The number of carboxylic acids is 2. The summed E-state index contributed by atoms with van der Waals surface area (Å²) in [6, 6.07) is 7.01. The highest BCUT2D eigenvalue weighted by atomic mass is 19.4. The van der Waals surface area contributed by atoms with Crippen molar-refractivity contribution < 1.29 is 51.6 Å². The lowest BCUT2D eigenvalue weighted by molar-refractivity contribution is -0.165. The third-order valence-electron chi connectivity index (χ3n) is 8.80. The molecule has 3 aliphatic rings. The molecule has 2 aliphatic heterocycles. The molecule has 3 N–H and O–H groups in total. The zero-order valence-corrected chi connectivity index (χ0v) is 24.6. The van der Waals surface area contributed by atoms with Crippen LogP contribution in [0.2, 0.25) is 0 Å². The SMILES string of the molecule is C[C@H]1CN(C2CC[C@@](C(=O)NCc3cc(OCC(=O)O)cc(C(F)(F)F)c3)(C3CC3)OC2)CCN1c1ccc(F)c(C(=O)O)c1. The van der Waals surface area contributed by atoms with Gasteiger partial charge in [-0.2, -0.15) is 13.2 Å². The van der Waals surface area contributed by atoms with Gasteiger partial charge in [-0.25, -0.2) is 14.0 Å². The standard InChI is InChI=1S/C31H35F4N3O7/c1-18-15-37(8-9-38(18)22-4-5-26(32)25(13-22)28(41)42)23-6-7-30(45-16-23,20-2-3-20)29(43)36-14-19-10-21(31(33,34)35)12-24(11-19)44-17-27(39)40/h4-5,10-13,18,20,23H,2-3,6-9,14-17H2,1H3,(H,36,43)(H,39,40)(H,41,42)/t18-,23?,30-/m0/s1. The van der Waals surface area contributed by atoms with Crippen molar-refractivity contribution in [3.63, 3.8) is 0 Å². The van der Waals surface area contributed by atoms with Gasteiger partial charge in [-0.3, -0.25) is 9.69 Å². The van der Waals surface area contributed by atoms with Gasteiger partial charge in [0.2, 0.25) is 0 Å². The van der Waals surface area contributed by atoms with Crippen molar-refractivity contribution >= 4 is 23.5 Å². The first-order valence-corrected chi connectivity index (χ1v) is 14.8. The van der Waals surface area contributed by atoms with Crippen molar-refractivity contribution in [3.05, 3.63) is 58.9 Å². The molecule has 0 radical (unpaired) electrons. The van der Waals surface area contributed by atoms with E-state index in [-0.39, 0.29) is 41.4 Å². The van der Waals surface area contributed by atoms with E-state index in [0.717, 1.165) is 31.0 Å². The van der Waals surface area contributed by atoms with Crippen LogP contribution in [0.15, 0.2) is 36.4 Å². The number of amides is 1. The lowest BCUT2D eigenvalue weighted by Crippen LogP contribution is -2.60. The Kier molecular flexibility index (Phi) is 9.26. The number of halogens is 4. The molecule has 244 valence electrons. The van der Waals surface area contributed by atoms with Crippen molar-refractivity contribution in [2.24, 2.45) is 5.92 Å². The molecule has 1 unspecified atom stereocenters. The van der Waals surface area contributed by atoms with E-state index >= 15 is 0 Å². The molecule has 2 aromatic rings. The molecule has 3 fully saturated rings. The molecule has 10 nitrogen and oxygen atoms in total. The number of aliphatic carboxylic acids is 1. The van der Waals surface area contributed by atoms with Crippen LogP contribution in [0.3, 0.4) is 0 Å². The Morgan fingerprint density at radius 2 is 1.84 bits per heavy atom. The molecular weight excluding hydrogens is 602 g/mol. The van der Waals surface area contributed by atoms with Crippen LogP contribution in [0.25, 0.3) is 0 Å². The molecule has 5 rings (SSSR count). The van der Waals surface area contributed by atoms with Gasteiger partial charge < -0.3 is 29.9 Å². The number of anilines is 1. The minimum absolute atomic E-state index is 0.00102. The molecular formula is C31H35F4N3O7. The maximum absolute atomic E-state index is 13.9. The first kappa shape index (κ1) is 32.5. The number of piperazine rings is 1. The highest BCUT2D eigenvalue weighted by Crippen LogP contribution is 2.47. The fourth-order valence-corrected chi connectivity index (χ4v) is 6.35. The summed E-state index contributed by atoms with van der Waals surface area (Å²) in [7, 11) is 0. The van der Waals surface area contributed by atoms with E-state index in [9.17, 15) is 37.1 Å². The van der Waals surface area contributed by atoms with E-state index in [1.54, 1.807) is 6.07 Å². The first-order valence-electron chi connectivity index (χ1n) is 14.8. The molecule has 1 amide bonds. The second-order valence-corrected chi connectivity index (χ2v) is 11.9. The molecule has 45 heavy (non-hydrogen) atoms. The summed E-state index contributed by atoms with van der Waals surface area (Å²) >= 11 is 0. The predicted molar refractivity (Wildman–Crippen MR) is 153 cm³/mol. The van der Waals surface area contributed by atoms with Crippen LogP contribution in [0.4, 0.5) is 23.2 Å². The molecule has 1 aliphatic carbocycles. The van der Waals surface area contributed by atoms with Crippen molar-refractivity contribution in [2.75, 3.05) is 37.7 Å². The molecule has 0 spiro atoms. The highest BCUT2D eigenvalue weighted by molar-refractivity contribution is 5.89. The smallest absolute Gasteiger partial charge is 0.416 e. The van der Waals surface area contributed by atoms with E-state index < -0.39 is 47.6 Å². The number of ether oxygens (including phenoxy) is 2. The molecule has 0 bridgehead atoms. The van der Waals surface area contributed by atoms with E-state index in [2.05, 4.69) is 10.2 Å². The number of hydrogen-bond donors (Lipinski definition) is 3. The number of carboxylic acid groups (broad SMARTS) is 2. The quantitative estimate of drug-likeness (QED) is 0.329. The second-order valence-electron chi connectivity index (χ2n) is 11.9. The van der Waals surface area contributed by atoms with Crippen LogP contribution in [0, 0.1) is 11.7 Å². The summed E-state index contributed by atoms with van der Waals surface area (Å²) in [6.07, 6.45) is -1.96. The van der Waals surface area contributed by atoms with Gasteiger partial charge in [0.1, 0.15) is 17.2 Å². The maximum atomic E-state index is 13.9. The average molecular weight is 638 g/mol. The van der Waals surface area contributed by atoms with Gasteiger partial charge in [-0.05, 0) is 80.5 Å². The summed E-state index contributed by atoms with van der Waals surface area (Å²) in [6.45, 7) is 3.17. The number of nitrogens with zero attached hydrogens (tertiary/aromatic N) is 2. The van der Waals surface area contributed by atoms with E-state index in [1.807, 2.05) is 11.8 Å². The Balaban J connectivity index is 1.20. The van der Waals surface area contributed by atoms with Crippen molar-refractivity contribution in [1.82, 2.24) is 10.2 Å². The fraction of sp³-hybridized carbons (Fsp3) is 0.516. The van der Waals surface area contributed by atoms with Crippen molar-refractivity contribution in [3.8, 4) is 5.75 Å². The third-order valence-corrected chi connectivity index (χ3v) is 8.80. The van der Waals surface area contributed by atoms with Crippen LogP contribution in [0.5, 0.6) is 5.75 Å². The molecule has 1 saturated carbocycles. The van der Waals surface area contributed by atoms with Gasteiger partial charge in [0.05, 0.1) is 17.7 Å². The minimum Gasteiger partial charge on any atom is -0.482 e. The molecule has 0 aromatic heterocycles. The van der Waals surface area contributed by atoms with Gasteiger partial charge in [-0.1, -0.05) is 0 Å². The average Bonchev–Trinajstić information content (AvgIpc) is 3.85. The fourth-order valence-electron chi connectivity index (χ4n) is 6.35. The molecule has 2 heterocycles. The number of alkyl halides is 3. The normalized spacial score (nSPS) is 24.2. The monoisotopic (exact) mass is 637 g/mol. The number of rotatable bonds is 10. The topological polar surface area (TPSA) is 129 Å². The Bertz CT molecular complexity index is 1440. The molecule has 14 heteroatoms. The van der Waals surface area contributed by atoms with Crippen LogP contribution in [-0.2, 0) is 27.0 Å². The maximum Gasteiger partial charge on any atom is 0.416 e. The van der Waals surface area contributed by atoms with Gasteiger partial charge >= 0.3 is 18.1 Å². The Hall–Kier alpha value is -3.91. The third kappa shape index (κ3) is 7.33. The zero-order chi connectivity index (χ0) is 32.5. The van der Waals surface area contributed by atoms with Gasteiger partial charge in [-0.15, -0.1) is 0 Å². The van der Waals surface area contributed by atoms with Crippen molar-refractivity contribution in [2.45, 2.75) is 63.0 Å². The van der Waals surface area contributed by atoms with Crippen molar-refractivity contribution in [1.29, 1.82) is 0 Å². The number of carbonyl (C=O) groups is 3. The number of carbonyl (C=O) groups excluding carboxylic acids is 1. The number of hydrogen-bond acceptors (Lipinski definition) is 7. The Morgan fingerprint density at radius 3 is 2.44 bits per heavy atom. The number of benzene rings is 2. The second kappa shape index (κ2) is 12.8. The summed E-state index contributed by atoms with van der Waals surface area (Å²) in [4.78, 5) is 40.1. The highest BCUT2D eigenvalue weighted by Gasteiger charge is 2.54. The van der Waals surface area contributed by atoms with E-state index in [1.165, 1.54) is 12.1 Å². The Morgan fingerprint density at radius 1 is 1.09 bits per heavy atom. The lowest BCUT2D eigenvalue weighted by atomic mass is 9.85. The van der Waals surface area contributed by atoms with Gasteiger partial charge in [0, 0.05) is 44.0 Å². The lowest BCUT2D eigenvalue weighted by Gasteiger charge is -2.48. The van der Waals surface area contributed by atoms with Gasteiger partial charge in [0.25, 0.3) is 5.91 Å². The van der Waals surface area contributed by atoms with Crippen LogP contribution < -0.4 is 15.0 Å². The number of aromatic carboxylic acids is 1. The van der Waals surface area contributed by atoms with Crippen LogP contribution >= 0.6 is 0 Å². The largest absolute Gasteiger partial charge is 0.482 e. The molecule has 2 saturated heterocycles. The van der Waals surface area contributed by atoms with Crippen LogP contribution in [0.1, 0.15) is 54.1 Å². The van der Waals surface area contributed by atoms with Gasteiger partial charge in [0.15, 0.2) is 6.61 Å². The molecule has 2 aromatic carbocycles. The Labute approximate surface area is 256 Å². The summed E-state index contributed by atoms with van der Waals surface area (Å²) < 4.78 is 65.6. The summed E-state index contributed by atoms with van der Waals surface area (Å²) in [5.74, 6) is -4.09. The van der Waals surface area contributed by atoms with E-state index in [4.69, 9.17) is 14.6 Å². The number of nitrogens with one attached hydrogen (secondary N) is 1. The first-order chi connectivity index (χ1) is 21.3. The molecule has 3 atom stereocenters. The summed E-state index contributed by atoms with van der Waals surface area (Å²) in [5, 5.41) is 20.9.